The molecular formula is C16H20N4O2S2. The van der Waals surface area contributed by atoms with E-state index in [-0.39, 0.29) is 4.90 Å². The normalized spacial score (nSPS) is 17.8. The van der Waals surface area contributed by atoms with Gasteiger partial charge in [-0.2, -0.15) is 5.10 Å². The number of aryl methyl sites for hydroxylation is 1. The van der Waals surface area contributed by atoms with Crippen LogP contribution in [0.2, 0.25) is 0 Å². The van der Waals surface area contributed by atoms with E-state index >= 15 is 0 Å². The molecule has 0 amide bonds. The Hall–Kier alpha value is -1.64. The largest absolute Gasteiger partial charge is 0.238 e. The first-order valence-corrected chi connectivity index (χ1v) is 10.1. The van der Waals surface area contributed by atoms with Crippen LogP contribution < -0.4 is 5.14 Å². The van der Waals surface area contributed by atoms with Gasteiger partial charge in [-0.05, 0) is 44.0 Å². The molecule has 1 aliphatic rings. The van der Waals surface area contributed by atoms with Gasteiger partial charge in [0, 0.05) is 10.8 Å². The predicted molar refractivity (Wildman–Crippen MR) is 97.6 cm³/mol. The van der Waals surface area contributed by atoms with Gasteiger partial charge in [0.05, 0.1) is 21.3 Å². The zero-order valence-corrected chi connectivity index (χ0v) is 15.6. The molecule has 0 aliphatic carbocycles. The molecule has 0 radical (unpaired) electrons. The highest BCUT2D eigenvalue weighted by atomic mass is 32.2. The monoisotopic (exact) mass is 364 g/mol. The third-order valence-electron chi connectivity index (χ3n) is 3.94. The van der Waals surface area contributed by atoms with Gasteiger partial charge in [0.2, 0.25) is 10.0 Å². The van der Waals surface area contributed by atoms with Crippen LogP contribution in [0.25, 0.3) is 5.69 Å². The van der Waals surface area contributed by atoms with Gasteiger partial charge in [-0.25, -0.2) is 23.2 Å². The number of benzene rings is 1. The summed E-state index contributed by atoms with van der Waals surface area (Å²) in [5.41, 5.74) is 2.86. The van der Waals surface area contributed by atoms with Crippen molar-refractivity contribution in [1.82, 2.24) is 9.78 Å². The van der Waals surface area contributed by atoms with E-state index in [1.807, 2.05) is 13.8 Å². The highest BCUT2D eigenvalue weighted by Gasteiger charge is 2.30. The third-order valence-corrected chi connectivity index (χ3v) is 6.34. The number of hydrogen-bond acceptors (Lipinski definition) is 5. The van der Waals surface area contributed by atoms with E-state index in [1.54, 1.807) is 28.6 Å². The number of aromatic nitrogens is 2. The zero-order valence-electron chi connectivity index (χ0n) is 14.0. The molecule has 1 aliphatic heterocycles. The molecule has 1 atom stereocenters. The molecule has 0 fully saturated rings. The number of primary sulfonamides is 1. The Kier molecular flexibility index (Phi) is 4.31. The van der Waals surface area contributed by atoms with Crippen molar-refractivity contribution in [2.24, 2.45) is 16.0 Å². The molecule has 0 spiro atoms. The van der Waals surface area contributed by atoms with Crippen molar-refractivity contribution in [3.8, 4) is 5.69 Å². The second-order valence-electron chi connectivity index (χ2n) is 6.19. The Morgan fingerprint density at radius 1 is 1.21 bits per heavy atom. The molecule has 1 aromatic heterocycles. The second kappa shape index (κ2) is 6.02. The number of nitrogens with zero attached hydrogens (tertiary/aromatic N) is 3. The van der Waals surface area contributed by atoms with E-state index in [4.69, 9.17) is 5.14 Å². The number of fused-ring (bicyclic) bond motifs is 1. The van der Waals surface area contributed by atoms with Crippen LogP contribution in [0.15, 0.2) is 34.2 Å². The fourth-order valence-corrected chi connectivity index (χ4v) is 4.50. The fourth-order valence-electron chi connectivity index (χ4n) is 2.81. The molecule has 1 unspecified atom stereocenters. The van der Waals surface area contributed by atoms with Gasteiger partial charge >= 0.3 is 0 Å². The lowest BCUT2D eigenvalue weighted by Crippen LogP contribution is -2.12. The van der Waals surface area contributed by atoms with E-state index in [0.717, 1.165) is 27.8 Å². The minimum Gasteiger partial charge on any atom is -0.227 e. The van der Waals surface area contributed by atoms with Crippen molar-refractivity contribution in [2.45, 2.75) is 37.8 Å². The highest BCUT2D eigenvalue weighted by Crippen LogP contribution is 2.47. The van der Waals surface area contributed by atoms with Gasteiger partial charge in [0.1, 0.15) is 0 Å². The minimum absolute atomic E-state index is 0.0827. The summed E-state index contributed by atoms with van der Waals surface area (Å²) < 4.78 is 24.6. The molecule has 2 N–H and O–H groups in total. The number of nitrogens with two attached hydrogens (primary N) is 1. The van der Waals surface area contributed by atoms with Gasteiger partial charge in [-0.15, -0.1) is 11.8 Å². The maximum absolute atomic E-state index is 11.4. The Morgan fingerprint density at radius 3 is 2.38 bits per heavy atom. The lowest BCUT2D eigenvalue weighted by molar-refractivity contribution is 0.598. The van der Waals surface area contributed by atoms with Crippen molar-refractivity contribution in [1.29, 1.82) is 0 Å². The molecule has 0 saturated carbocycles. The predicted octanol–water partition coefficient (Wildman–Crippen LogP) is 3.32. The lowest BCUT2D eigenvalue weighted by atomic mass is 10.0. The molecule has 1 aromatic carbocycles. The quantitative estimate of drug-likeness (QED) is 0.904. The van der Waals surface area contributed by atoms with Crippen LogP contribution in [0.1, 0.15) is 37.3 Å². The summed E-state index contributed by atoms with van der Waals surface area (Å²) in [6.07, 6.45) is 0. The van der Waals surface area contributed by atoms with Crippen molar-refractivity contribution >= 4 is 32.6 Å². The van der Waals surface area contributed by atoms with Crippen molar-refractivity contribution in [2.75, 3.05) is 0 Å². The van der Waals surface area contributed by atoms with E-state index in [0.29, 0.717) is 11.2 Å². The Balaban J connectivity index is 2.13. The van der Waals surface area contributed by atoms with Crippen LogP contribution in [0.5, 0.6) is 0 Å². The Morgan fingerprint density at radius 2 is 1.83 bits per heavy atom. The summed E-state index contributed by atoms with van der Waals surface area (Å²) in [5.74, 6) is 1.28. The van der Waals surface area contributed by atoms with Gasteiger partial charge in [0.25, 0.3) is 0 Å². The summed E-state index contributed by atoms with van der Waals surface area (Å²) in [5, 5.41) is 11.1. The minimum atomic E-state index is -3.70. The summed E-state index contributed by atoms with van der Waals surface area (Å²) in [6, 6.07) is 6.37. The Labute approximate surface area is 146 Å². The Bertz CT molecular complexity index is 912. The molecule has 6 nitrogen and oxygen atoms in total. The van der Waals surface area contributed by atoms with Crippen LogP contribution >= 0.6 is 11.8 Å². The SMILES string of the molecule is CC1=Nc2c(c(C)nn2-c2ccc(S(N)(=O)=O)cc2)C(C(C)C)S1. The van der Waals surface area contributed by atoms with E-state index in [1.165, 1.54) is 12.1 Å². The van der Waals surface area contributed by atoms with Gasteiger partial charge < -0.3 is 0 Å². The molecule has 8 heteroatoms. The topological polar surface area (TPSA) is 90.3 Å². The van der Waals surface area contributed by atoms with Gasteiger partial charge in [-0.1, -0.05) is 13.8 Å². The molecule has 0 saturated heterocycles. The van der Waals surface area contributed by atoms with Crippen molar-refractivity contribution < 1.29 is 8.42 Å². The molecule has 3 rings (SSSR count). The molecular weight excluding hydrogens is 344 g/mol. The molecule has 2 aromatic rings. The number of sulfonamides is 1. The number of hydrogen-bond donors (Lipinski definition) is 1. The molecule has 128 valence electrons. The zero-order chi connectivity index (χ0) is 17.6. The standard InChI is InChI=1S/C16H20N4O2S2/c1-9(2)15-14-10(3)19-20(16(14)18-11(4)23-15)12-5-7-13(8-6-12)24(17,21)22/h5-9,15H,1-4H3,(H2,17,21,22). The molecule has 0 bridgehead atoms. The average Bonchev–Trinajstić information content (AvgIpc) is 2.82. The maximum atomic E-state index is 11.4. The van der Waals surface area contributed by atoms with E-state index in [2.05, 4.69) is 23.9 Å². The van der Waals surface area contributed by atoms with Gasteiger partial charge in [0.15, 0.2) is 5.82 Å². The number of rotatable bonds is 3. The summed E-state index contributed by atoms with van der Waals surface area (Å²) in [6.45, 7) is 8.37. The van der Waals surface area contributed by atoms with Crippen LogP contribution in [0, 0.1) is 12.8 Å². The lowest BCUT2D eigenvalue weighted by Gasteiger charge is -2.24. The first-order valence-electron chi connectivity index (χ1n) is 7.63. The first kappa shape index (κ1) is 17.2. The number of thioether (sulfide) groups is 1. The highest BCUT2D eigenvalue weighted by molar-refractivity contribution is 8.14. The summed E-state index contributed by atoms with van der Waals surface area (Å²) in [7, 11) is -3.70. The van der Waals surface area contributed by atoms with E-state index < -0.39 is 10.0 Å². The van der Waals surface area contributed by atoms with E-state index in [9.17, 15) is 8.42 Å². The maximum Gasteiger partial charge on any atom is 0.238 e. The first-order chi connectivity index (χ1) is 11.2. The average molecular weight is 364 g/mol. The smallest absolute Gasteiger partial charge is 0.227 e. The van der Waals surface area contributed by atoms with Crippen LogP contribution in [-0.2, 0) is 10.0 Å². The third kappa shape index (κ3) is 3.01. The summed E-state index contributed by atoms with van der Waals surface area (Å²) >= 11 is 1.77. The van der Waals surface area contributed by atoms with Crippen molar-refractivity contribution in [3.63, 3.8) is 0 Å². The second-order valence-corrected chi connectivity index (χ2v) is 9.08. The summed E-state index contributed by atoms with van der Waals surface area (Å²) in [4.78, 5) is 4.77. The van der Waals surface area contributed by atoms with Crippen LogP contribution in [0.4, 0.5) is 5.82 Å². The van der Waals surface area contributed by atoms with Gasteiger partial charge in [-0.3, -0.25) is 0 Å². The van der Waals surface area contributed by atoms with Crippen molar-refractivity contribution in [3.05, 3.63) is 35.5 Å². The van der Waals surface area contributed by atoms with Crippen LogP contribution in [0.3, 0.4) is 0 Å². The fraction of sp³-hybridized carbons (Fsp3) is 0.375. The number of aliphatic imine (C=N–C) groups is 1. The van der Waals surface area contributed by atoms with Crippen LogP contribution in [-0.4, -0.2) is 23.2 Å². The molecule has 24 heavy (non-hydrogen) atoms. The molecule has 2 heterocycles.